The maximum atomic E-state index is 12.2. The molecule has 0 fully saturated rings. The van der Waals surface area contributed by atoms with Gasteiger partial charge in [-0.05, 0) is 49.6 Å². The van der Waals surface area contributed by atoms with E-state index in [4.69, 9.17) is 4.74 Å². The van der Waals surface area contributed by atoms with Gasteiger partial charge in [0, 0.05) is 13.1 Å². The first-order chi connectivity index (χ1) is 9.63. The van der Waals surface area contributed by atoms with Crippen LogP contribution in [0.4, 0.5) is 0 Å². The largest absolute Gasteiger partial charge is 0.493 e. The number of fused-ring (bicyclic) bond motifs is 1. The van der Waals surface area contributed by atoms with Crippen LogP contribution in [0.2, 0.25) is 0 Å². The molecule has 112 valence electrons. The highest BCUT2D eigenvalue weighted by Crippen LogP contribution is 2.27. The van der Waals surface area contributed by atoms with Crippen LogP contribution in [0.5, 0.6) is 5.75 Å². The Balaban J connectivity index is 1.98. The summed E-state index contributed by atoms with van der Waals surface area (Å²) < 4.78 is 32.4. The van der Waals surface area contributed by atoms with Crippen LogP contribution < -0.4 is 14.8 Å². The van der Waals surface area contributed by atoms with Crippen LogP contribution in [-0.2, 0) is 16.4 Å². The average molecular weight is 298 g/mol. The van der Waals surface area contributed by atoms with Crippen LogP contribution in [0.15, 0.2) is 23.1 Å². The summed E-state index contributed by atoms with van der Waals surface area (Å²) in [5.74, 6) is 0.805. The van der Waals surface area contributed by atoms with E-state index in [2.05, 4.69) is 17.0 Å². The predicted molar refractivity (Wildman–Crippen MR) is 78.6 cm³/mol. The van der Waals surface area contributed by atoms with Crippen LogP contribution in [0.1, 0.15) is 25.3 Å². The minimum Gasteiger partial charge on any atom is -0.493 e. The van der Waals surface area contributed by atoms with Gasteiger partial charge >= 0.3 is 0 Å². The maximum absolute atomic E-state index is 12.2. The fourth-order valence-electron chi connectivity index (χ4n) is 2.16. The highest BCUT2D eigenvalue weighted by molar-refractivity contribution is 7.89. The highest BCUT2D eigenvalue weighted by Gasteiger charge is 2.17. The number of hydrogen-bond donors (Lipinski definition) is 2. The lowest BCUT2D eigenvalue weighted by Crippen LogP contribution is -2.32. The van der Waals surface area contributed by atoms with Gasteiger partial charge in [0.05, 0.1) is 11.5 Å². The number of rotatable bonds is 7. The first-order valence-electron chi connectivity index (χ1n) is 7.09. The van der Waals surface area contributed by atoms with Crippen molar-refractivity contribution in [2.24, 2.45) is 0 Å². The number of ether oxygens (including phenoxy) is 1. The van der Waals surface area contributed by atoms with Crippen LogP contribution >= 0.6 is 0 Å². The summed E-state index contributed by atoms with van der Waals surface area (Å²) >= 11 is 0. The van der Waals surface area contributed by atoms with Gasteiger partial charge in [-0.1, -0.05) is 6.92 Å². The van der Waals surface area contributed by atoms with E-state index in [1.807, 2.05) is 0 Å². The Morgan fingerprint density at radius 3 is 2.90 bits per heavy atom. The van der Waals surface area contributed by atoms with Gasteiger partial charge in [0.25, 0.3) is 0 Å². The minimum absolute atomic E-state index is 0.317. The van der Waals surface area contributed by atoms with E-state index in [0.717, 1.165) is 37.1 Å². The molecule has 0 spiro atoms. The standard InChI is InChI=1S/C14H22N2O3S/c1-2-7-15-8-9-16-20(17,18)13-5-6-14-12(11-13)4-3-10-19-14/h5-6,11,15-16H,2-4,7-10H2,1H3. The van der Waals surface area contributed by atoms with Gasteiger partial charge in [0.2, 0.25) is 10.0 Å². The molecule has 20 heavy (non-hydrogen) atoms. The van der Waals surface area contributed by atoms with Gasteiger partial charge in [-0.3, -0.25) is 0 Å². The summed E-state index contributed by atoms with van der Waals surface area (Å²) in [6, 6.07) is 5.07. The van der Waals surface area contributed by atoms with Crippen LogP contribution in [0.3, 0.4) is 0 Å². The van der Waals surface area contributed by atoms with Gasteiger partial charge < -0.3 is 10.1 Å². The van der Waals surface area contributed by atoms with Crippen molar-refractivity contribution in [1.82, 2.24) is 10.0 Å². The fourth-order valence-corrected chi connectivity index (χ4v) is 3.24. The van der Waals surface area contributed by atoms with Crippen molar-refractivity contribution in [3.8, 4) is 5.75 Å². The zero-order chi connectivity index (χ0) is 14.4. The molecule has 0 atom stereocenters. The fraction of sp³-hybridized carbons (Fsp3) is 0.571. The number of benzene rings is 1. The van der Waals surface area contributed by atoms with Gasteiger partial charge in [0.1, 0.15) is 5.75 Å². The van der Waals surface area contributed by atoms with Crippen molar-refractivity contribution >= 4 is 10.0 Å². The molecular weight excluding hydrogens is 276 g/mol. The molecule has 0 aliphatic carbocycles. The van der Waals surface area contributed by atoms with E-state index >= 15 is 0 Å². The summed E-state index contributed by atoms with van der Waals surface area (Å²) in [5.41, 5.74) is 0.975. The Bertz CT molecular complexity index is 543. The lowest BCUT2D eigenvalue weighted by atomic mass is 10.1. The Labute approximate surface area is 120 Å². The lowest BCUT2D eigenvalue weighted by Gasteiger charge is -2.18. The van der Waals surface area contributed by atoms with Crippen molar-refractivity contribution in [2.45, 2.75) is 31.1 Å². The van der Waals surface area contributed by atoms with E-state index in [9.17, 15) is 8.42 Å². The second-order valence-electron chi connectivity index (χ2n) is 4.87. The molecule has 1 aliphatic heterocycles. The Kier molecular flexibility index (Phi) is 5.39. The zero-order valence-electron chi connectivity index (χ0n) is 11.8. The molecule has 0 bridgehead atoms. The Morgan fingerprint density at radius 1 is 1.25 bits per heavy atom. The molecule has 5 nitrogen and oxygen atoms in total. The van der Waals surface area contributed by atoms with E-state index < -0.39 is 10.0 Å². The zero-order valence-corrected chi connectivity index (χ0v) is 12.6. The first-order valence-corrected chi connectivity index (χ1v) is 8.58. The van der Waals surface area contributed by atoms with Gasteiger partial charge in [0.15, 0.2) is 0 Å². The van der Waals surface area contributed by atoms with E-state index in [-0.39, 0.29) is 0 Å². The average Bonchev–Trinajstić information content (AvgIpc) is 2.46. The number of nitrogens with one attached hydrogen (secondary N) is 2. The third kappa shape index (κ3) is 3.94. The molecule has 0 aromatic heterocycles. The van der Waals surface area contributed by atoms with Gasteiger partial charge in [-0.15, -0.1) is 0 Å². The quantitative estimate of drug-likeness (QED) is 0.744. The Hall–Kier alpha value is -1.11. The Morgan fingerprint density at radius 2 is 2.10 bits per heavy atom. The molecule has 0 saturated heterocycles. The van der Waals surface area contributed by atoms with E-state index in [1.165, 1.54) is 0 Å². The summed E-state index contributed by atoms with van der Waals surface area (Å²) in [4.78, 5) is 0.317. The molecule has 1 aliphatic rings. The van der Waals surface area contributed by atoms with E-state index in [1.54, 1.807) is 18.2 Å². The predicted octanol–water partition coefficient (Wildman–Crippen LogP) is 1.29. The summed E-state index contributed by atoms with van der Waals surface area (Å²) in [5, 5.41) is 3.16. The molecule has 0 amide bonds. The SMILES string of the molecule is CCCNCCNS(=O)(=O)c1ccc2c(c1)CCCO2. The minimum atomic E-state index is -3.43. The molecule has 0 saturated carbocycles. The molecule has 0 unspecified atom stereocenters. The monoisotopic (exact) mass is 298 g/mol. The van der Waals surface area contributed by atoms with Gasteiger partial charge in [-0.25, -0.2) is 13.1 Å². The van der Waals surface area contributed by atoms with Crippen LogP contribution in [0.25, 0.3) is 0 Å². The number of aryl methyl sites for hydroxylation is 1. The normalized spacial score (nSPS) is 14.7. The molecule has 0 radical (unpaired) electrons. The van der Waals surface area contributed by atoms with Gasteiger partial charge in [-0.2, -0.15) is 0 Å². The number of sulfonamides is 1. The van der Waals surface area contributed by atoms with Crippen LogP contribution in [0, 0.1) is 0 Å². The molecule has 1 aromatic rings. The highest BCUT2D eigenvalue weighted by atomic mass is 32.2. The van der Waals surface area contributed by atoms with E-state index in [0.29, 0.717) is 24.6 Å². The molecule has 2 N–H and O–H groups in total. The van der Waals surface area contributed by atoms with Crippen molar-refractivity contribution in [3.63, 3.8) is 0 Å². The number of hydrogen-bond acceptors (Lipinski definition) is 4. The second-order valence-corrected chi connectivity index (χ2v) is 6.64. The summed E-state index contributed by atoms with van der Waals surface area (Å²) in [6.45, 7) is 4.72. The van der Waals surface area contributed by atoms with Crippen molar-refractivity contribution < 1.29 is 13.2 Å². The third-order valence-corrected chi connectivity index (χ3v) is 4.67. The summed E-state index contributed by atoms with van der Waals surface area (Å²) in [7, 11) is -3.43. The first kappa shape index (κ1) is 15.3. The molecule has 1 heterocycles. The van der Waals surface area contributed by atoms with Crippen molar-refractivity contribution in [3.05, 3.63) is 23.8 Å². The molecule has 2 rings (SSSR count). The topological polar surface area (TPSA) is 67.4 Å². The van der Waals surface area contributed by atoms with Crippen molar-refractivity contribution in [2.75, 3.05) is 26.2 Å². The van der Waals surface area contributed by atoms with Crippen LogP contribution in [-0.4, -0.2) is 34.7 Å². The molecule has 1 aromatic carbocycles. The maximum Gasteiger partial charge on any atom is 0.240 e. The van der Waals surface area contributed by atoms with Crippen molar-refractivity contribution in [1.29, 1.82) is 0 Å². The third-order valence-electron chi connectivity index (χ3n) is 3.21. The smallest absolute Gasteiger partial charge is 0.240 e. The second kappa shape index (κ2) is 7.06. The summed E-state index contributed by atoms with van der Waals surface area (Å²) in [6.07, 6.45) is 2.85. The molecule has 6 heteroatoms. The lowest BCUT2D eigenvalue weighted by molar-refractivity contribution is 0.288. The molecular formula is C14H22N2O3S.